The molecule has 8 heteroatoms. The van der Waals surface area contributed by atoms with Crippen LogP contribution in [0.5, 0.6) is 0 Å². The number of fused-ring (bicyclic) bond motifs is 8. The van der Waals surface area contributed by atoms with Crippen molar-refractivity contribution in [1.82, 2.24) is 14.5 Å². The Bertz CT molecular complexity index is 1560. The molecule has 0 radical (unpaired) electrons. The number of carbonyl (C=O) groups is 2. The minimum atomic E-state index is -0.743. The van der Waals surface area contributed by atoms with Crippen molar-refractivity contribution in [2.45, 2.75) is 57.8 Å². The molecule has 0 saturated carbocycles. The number of amides is 2. The van der Waals surface area contributed by atoms with E-state index in [9.17, 15) is 14.4 Å². The molecule has 0 aliphatic carbocycles. The van der Waals surface area contributed by atoms with Crippen LogP contribution in [0.1, 0.15) is 57.6 Å². The van der Waals surface area contributed by atoms with Gasteiger partial charge in [-0.2, -0.15) is 0 Å². The van der Waals surface area contributed by atoms with Gasteiger partial charge in [0.1, 0.15) is 18.0 Å². The SMILES string of the molecule is C=CC(C)(C)[C@@]12C[C@H]3c4nc5ccccc5c(=O)n4[C@H](C)C(=O)N3[C@@H]1N(C(C)=O)c1ccc(Br)cc12. The Morgan fingerprint density at radius 2 is 1.94 bits per heavy atom. The fourth-order valence-corrected chi connectivity index (χ4v) is 7.13. The zero-order valence-corrected chi connectivity index (χ0v) is 22.2. The number of carbonyl (C=O) groups excluding carboxylic acids is 2. The molecule has 0 spiro atoms. The van der Waals surface area contributed by atoms with Crippen LogP contribution >= 0.6 is 15.9 Å². The van der Waals surface area contributed by atoms with Gasteiger partial charge in [0.15, 0.2) is 0 Å². The third-order valence-corrected chi connectivity index (χ3v) is 9.12. The number of para-hydroxylation sites is 1. The zero-order valence-electron chi connectivity index (χ0n) is 20.7. The summed E-state index contributed by atoms with van der Waals surface area (Å²) in [5.41, 5.74) is 1.04. The molecule has 2 amide bonds. The number of aromatic nitrogens is 2. The Morgan fingerprint density at radius 1 is 1.22 bits per heavy atom. The van der Waals surface area contributed by atoms with Gasteiger partial charge in [0.05, 0.1) is 16.9 Å². The maximum atomic E-state index is 14.1. The van der Waals surface area contributed by atoms with Crippen LogP contribution in [-0.2, 0) is 15.0 Å². The molecule has 6 rings (SSSR count). The number of hydrogen-bond acceptors (Lipinski definition) is 4. The summed E-state index contributed by atoms with van der Waals surface area (Å²) >= 11 is 3.62. The minimum Gasteiger partial charge on any atom is -0.309 e. The molecule has 4 heterocycles. The van der Waals surface area contributed by atoms with Gasteiger partial charge in [-0.1, -0.05) is 48.0 Å². The molecular formula is C28H27BrN4O3. The summed E-state index contributed by atoms with van der Waals surface area (Å²) in [5, 5.41) is 0.494. The Hall–Kier alpha value is -3.26. The molecule has 1 fully saturated rings. The minimum absolute atomic E-state index is 0.138. The Morgan fingerprint density at radius 3 is 2.64 bits per heavy atom. The fourth-order valence-electron chi connectivity index (χ4n) is 6.77. The Balaban J connectivity index is 1.70. The Kier molecular flexibility index (Phi) is 4.75. The summed E-state index contributed by atoms with van der Waals surface area (Å²) in [6.07, 6.45) is 1.86. The Labute approximate surface area is 217 Å². The predicted octanol–water partition coefficient (Wildman–Crippen LogP) is 4.85. The van der Waals surface area contributed by atoms with E-state index in [1.807, 2.05) is 35.2 Å². The molecule has 184 valence electrons. The maximum Gasteiger partial charge on any atom is 0.262 e. The second kappa shape index (κ2) is 7.38. The molecule has 3 aliphatic rings. The predicted molar refractivity (Wildman–Crippen MR) is 142 cm³/mol. The second-order valence-corrected chi connectivity index (χ2v) is 11.5. The zero-order chi connectivity index (χ0) is 25.7. The van der Waals surface area contributed by atoms with Crippen molar-refractivity contribution in [3.8, 4) is 0 Å². The molecule has 3 aliphatic heterocycles. The van der Waals surface area contributed by atoms with Gasteiger partial charge in [0, 0.05) is 22.5 Å². The van der Waals surface area contributed by atoms with Crippen molar-refractivity contribution >= 4 is 44.3 Å². The smallest absolute Gasteiger partial charge is 0.262 e. The van der Waals surface area contributed by atoms with Crippen molar-refractivity contribution < 1.29 is 9.59 Å². The van der Waals surface area contributed by atoms with Crippen LogP contribution in [-0.4, -0.2) is 32.4 Å². The molecule has 0 bridgehead atoms. The lowest BCUT2D eigenvalue weighted by atomic mass is 9.60. The standard InChI is InChI=1S/C28H27BrN4O3/c1-6-27(4,5)28-14-22-23-30-20-10-8-7-9-18(20)25(36)31(23)15(2)24(35)33(22)26(28)32(16(3)34)21-12-11-17(29)13-19(21)28/h6-13,15,22,26H,1,14H2,2-5H3/t15-,22+,26+,28-/m1/s1. The third-order valence-electron chi connectivity index (χ3n) is 8.63. The monoisotopic (exact) mass is 546 g/mol. The first-order chi connectivity index (χ1) is 17.0. The molecule has 0 N–H and O–H groups in total. The summed E-state index contributed by atoms with van der Waals surface area (Å²) in [4.78, 5) is 49.4. The van der Waals surface area contributed by atoms with Gasteiger partial charge in [-0.25, -0.2) is 4.98 Å². The van der Waals surface area contributed by atoms with Gasteiger partial charge in [-0.05, 0) is 54.7 Å². The largest absolute Gasteiger partial charge is 0.309 e. The van der Waals surface area contributed by atoms with Crippen molar-refractivity contribution in [3.63, 3.8) is 0 Å². The highest BCUT2D eigenvalue weighted by Gasteiger charge is 2.69. The first-order valence-electron chi connectivity index (χ1n) is 12.1. The lowest BCUT2D eigenvalue weighted by Crippen LogP contribution is -2.59. The van der Waals surface area contributed by atoms with Gasteiger partial charge in [-0.3, -0.25) is 23.9 Å². The van der Waals surface area contributed by atoms with Crippen LogP contribution in [0, 0.1) is 5.41 Å². The third kappa shape index (κ3) is 2.63. The van der Waals surface area contributed by atoms with E-state index >= 15 is 0 Å². The van der Waals surface area contributed by atoms with Crippen LogP contribution in [0.3, 0.4) is 0 Å². The molecule has 4 atom stereocenters. The van der Waals surface area contributed by atoms with E-state index in [0.717, 1.165) is 15.7 Å². The lowest BCUT2D eigenvalue weighted by Gasteiger charge is -2.46. The number of benzene rings is 2. The van der Waals surface area contributed by atoms with E-state index in [2.05, 4.69) is 42.4 Å². The molecule has 3 aromatic rings. The van der Waals surface area contributed by atoms with Crippen molar-refractivity contribution in [1.29, 1.82) is 0 Å². The summed E-state index contributed by atoms with van der Waals surface area (Å²) in [6.45, 7) is 11.7. The van der Waals surface area contributed by atoms with Crippen molar-refractivity contribution in [2.24, 2.45) is 5.41 Å². The van der Waals surface area contributed by atoms with Gasteiger partial charge in [-0.15, -0.1) is 6.58 Å². The van der Waals surface area contributed by atoms with Crippen molar-refractivity contribution in [3.05, 3.63) is 81.3 Å². The van der Waals surface area contributed by atoms with E-state index in [4.69, 9.17) is 4.98 Å². The molecular weight excluding hydrogens is 520 g/mol. The first-order valence-corrected chi connectivity index (χ1v) is 12.9. The number of rotatable bonds is 2. The van der Waals surface area contributed by atoms with Crippen LogP contribution in [0.25, 0.3) is 10.9 Å². The molecule has 2 aromatic carbocycles. The lowest BCUT2D eigenvalue weighted by molar-refractivity contribution is -0.141. The summed E-state index contributed by atoms with van der Waals surface area (Å²) in [6, 6.07) is 12.0. The summed E-state index contributed by atoms with van der Waals surface area (Å²) in [5.74, 6) is 0.247. The van der Waals surface area contributed by atoms with E-state index in [-0.39, 0.29) is 17.4 Å². The number of hydrogen-bond donors (Lipinski definition) is 0. The van der Waals surface area contributed by atoms with E-state index < -0.39 is 29.1 Å². The highest BCUT2D eigenvalue weighted by atomic mass is 79.9. The quantitative estimate of drug-likeness (QED) is 0.430. The number of anilines is 1. The number of nitrogens with zero attached hydrogens (tertiary/aromatic N) is 4. The van der Waals surface area contributed by atoms with Crippen LogP contribution in [0.15, 0.2) is 64.4 Å². The summed E-state index contributed by atoms with van der Waals surface area (Å²) in [7, 11) is 0. The highest BCUT2D eigenvalue weighted by molar-refractivity contribution is 9.10. The second-order valence-electron chi connectivity index (χ2n) is 10.6. The summed E-state index contributed by atoms with van der Waals surface area (Å²) < 4.78 is 2.46. The van der Waals surface area contributed by atoms with Crippen LogP contribution < -0.4 is 10.5 Å². The van der Waals surface area contributed by atoms with Gasteiger partial charge in [0.2, 0.25) is 11.8 Å². The molecule has 1 aromatic heterocycles. The van der Waals surface area contributed by atoms with E-state index in [1.165, 1.54) is 6.92 Å². The topological polar surface area (TPSA) is 75.5 Å². The van der Waals surface area contributed by atoms with Gasteiger partial charge >= 0.3 is 0 Å². The first kappa shape index (κ1) is 23.2. The normalized spacial score (nSPS) is 26.5. The van der Waals surface area contributed by atoms with Gasteiger partial charge < -0.3 is 4.90 Å². The van der Waals surface area contributed by atoms with E-state index in [1.54, 1.807) is 28.5 Å². The average Bonchev–Trinajstić information content (AvgIpc) is 3.34. The number of halogens is 1. The molecule has 36 heavy (non-hydrogen) atoms. The number of allylic oxidation sites excluding steroid dienone is 1. The van der Waals surface area contributed by atoms with Crippen molar-refractivity contribution in [2.75, 3.05) is 4.90 Å². The van der Waals surface area contributed by atoms with Crippen LogP contribution in [0.4, 0.5) is 5.69 Å². The van der Waals surface area contributed by atoms with Gasteiger partial charge in [0.25, 0.3) is 5.56 Å². The molecule has 0 unspecified atom stereocenters. The van der Waals surface area contributed by atoms with E-state index in [0.29, 0.717) is 23.1 Å². The molecule has 1 saturated heterocycles. The maximum absolute atomic E-state index is 14.1. The fraction of sp³-hybridized carbons (Fsp3) is 0.357. The molecule has 7 nitrogen and oxygen atoms in total. The average molecular weight is 547 g/mol. The van der Waals surface area contributed by atoms with Crippen LogP contribution in [0.2, 0.25) is 0 Å². The highest BCUT2D eigenvalue weighted by Crippen LogP contribution is 2.65.